The molecule has 0 spiro atoms. The van der Waals surface area contributed by atoms with E-state index in [1.807, 2.05) is 27.2 Å². The average Bonchev–Trinajstić information content (AvgIpc) is 3.47. The molecule has 2 N–H and O–H groups in total. The Morgan fingerprint density at radius 3 is 1.09 bits per heavy atom. The van der Waals surface area contributed by atoms with Gasteiger partial charge in [-0.05, 0) is 96.3 Å². The minimum absolute atomic E-state index is 0.00708. The van der Waals surface area contributed by atoms with Gasteiger partial charge in [-0.15, -0.1) is 0 Å². The summed E-state index contributed by atoms with van der Waals surface area (Å²) in [4.78, 5) is 25.6. The van der Waals surface area contributed by atoms with Crippen molar-refractivity contribution in [3.8, 4) is 0 Å². The molecule has 0 rings (SSSR count). The number of amides is 1. The third-order valence-electron chi connectivity index (χ3n) is 14.4. The minimum Gasteiger partial charge on any atom is -0.756 e. The van der Waals surface area contributed by atoms with E-state index in [0.717, 1.165) is 109 Å². The fourth-order valence-electron chi connectivity index (χ4n) is 9.18. The second-order valence-electron chi connectivity index (χ2n) is 23.4. The molecule has 0 aliphatic heterocycles. The van der Waals surface area contributed by atoms with Crippen LogP contribution in [0.15, 0.2) is 134 Å². The van der Waals surface area contributed by atoms with Crippen LogP contribution in [0.3, 0.4) is 0 Å². The zero-order valence-electron chi connectivity index (χ0n) is 53.6. The number of rotatable bonds is 60. The maximum Gasteiger partial charge on any atom is 0.268 e. The zero-order valence-corrected chi connectivity index (χ0v) is 54.5. The molecule has 0 aromatic rings. The van der Waals surface area contributed by atoms with Crippen LogP contribution < -0.4 is 10.2 Å². The van der Waals surface area contributed by atoms with E-state index < -0.39 is 20.0 Å². The Bertz CT molecular complexity index is 1800. The number of hydrogen-bond donors (Lipinski definition) is 2. The number of carbonyl (C=O) groups excluding carboxylic acids is 1. The molecule has 0 saturated carbocycles. The largest absolute Gasteiger partial charge is 0.756 e. The summed E-state index contributed by atoms with van der Waals surface area (Å²) in [5, 5.41) is 13.9. The quantitative estimate of drug-likeness (QED) is 0.0272. The zero-order chi connectivity index (χ0) is 59.8. The van der Waals surface area contributed by atoms with Crippen molar-refractivity contribution in [3.63, 3.8) is 0 Å². The lowest BCUT2D eigenvalue weighted by atomic mass is 10.0. The summed E-state index contributed by atoms with van der Waals surface area (Å²) in [6.07, 6.45) is 94.0. The normalized spacial score (nSPS) is 14.6. The van der Waals surface area contributed by atoms with Crippen molar-refractivity contribution < 1.29 is 32.9 Å². The molecule has 0 saturated heterocycles. The Labute approximate surface area is 506 Å². The summed E-state index contributed by atoms with van der Waals surface area (Å²) in [6, 6.07) is -0.898. The number of quaternary nitrogens is 1. The number of carbonyl (C=O) groups is 1. The summed E-state index contributed by atoms with van der Waals surface area (Å²) in [5.74, 6) is -0.205. The molecule has 0 radical (unpaired) electrons. The van der Waals surface area contributed by atoms with Gasteiger partial charge in [0.15, 0.2) is 0 Å². The van der Waals surface area contributed by atoms with Crippen molar-refractivity contribution in [3.05, 3.63) is 134 Å². The van der Waals surface area contributed by atoms with E-state index in [2.05, 4.69) is 141 Å². The van der Waals surface area contributed by atoms with E-state index in [4.69, 9.17) is 9.05 Å². The van der Waals surface area contributed by atoms with Gasteiger partial charge in [0.2, 0.25) is 5.91 Å². The Balaban J connectivity index is 4.11. The Morgan fingerprint density at radius 1 is 0.439 bits per heavy atom. The van der Waals surface area contributed by atoms with E-state index in [9.17, 15) is 19.4 Å². The van der Waals surface area contributed by atoms with E-state index in [0.29, 0.717) is 17.4 Å². The highest BCUT2D eigenvalue weighted by atomic mass is 31.2. The van der Waals surface area contributed by atoms with E-state index in [1.54, 1.807) is 6.08 Å². The Hall–Kier alpha value is -3.36. The molecule has 0 aromatic heterocycles. The van der Waals surface area contributed by atoms with Crippen molar-refractivity contribution in [1.29, 1.82) is 0 Å². The van der Waals surface area contributed by atoms with Gasteiger partial charge in [0.25, 0.3) is 7.82 Å². The van der Waals surface area contributed by atoms with Crippen molar-refractivity contribution >= 4 is 13.7 Å². The fourth-order valence-corrected chi connectivity index (χ4v) is 9.91. The molecule has 8 nitrogen and oxygen atoms in total. The second kappa shape index (κ2) is 62.2. The molecule has 0 aromatic carbocycles. The highest BCUT2D eigenvalue weighted by Crippen LogP contribution is 2.38. The van der Waals surface area contributed by atoms with Crippen molar-refractivity contribution in [2.45, 2.75) is 283 Å². The van der Waals surface area contributed by atoms with Crippen LogP contribution in [0.25, 0.3) is 0 Å². The molecule has 0 bridgehead atoms. The van der Waals surface area contributed by atoms with Crippen LogP contribution in [0.2, 0.25) is 0 Å². The third-order valence-corrected chi connectivity index (χ3v) is 15.3. The summed E-state index contributed by atoms with van der Waals surface area (Å²) >= 11 is 0. The Kier molecular flexibility index (Phi) is 59.6. The summed E-state index contributed by atoms with van der Waals surface area (Å²) in [6.45, 7) is 4.54. The van der Waals surface area contributed by atoms with Gasteiger partial charge < -0.3 is 28.8 Å². The molecule has 0 aliphatic carbocycles. The lowest BCUT2D eigenvalue weighted by molar-refractivity contribution is -0.870. The lowest BCUT2D eigenvalue weighted by Gasteiger charge is -2.29. The molecule has 0 fully saturated rings. The number of phosphoric ester groups is 1. The number of nitrogens with zero attached hydrogens (tertiary/aromatic N) is 1. The van der Waals surface area contributed by atoms with Crippen LogP contribution >= 0.6 is 7.82 Å². The molecule has 470 valence electrons. The van der Waals surface area contributed by atoms with Gasteiger partial charge in [0.1, 0.15) is 13.2 Å². The number of aliphatic hydroxyl groups excluding tert-OH is 1. The molecule has 9 heteroatoms. The van der Waals surface area contributed by atoms with Gasteiger partial charge in [0.05, 0.1) is 39.9 Å². The predicted octanol–water partition coefficient (Wildman–Crippen LogP) is 20.8. The molecular formula is C73H127N2O6P. The lowest BCUT2D eigenvalue weighted by Crippen LogP contribution is -2.45. The number of likely N-dealkylation sites (N-methyl/N-ethyl adjacent to an activating group) is 1. The number of hydrogen-bond acceptors (Lipinski definition) is 6. The number of phosphoric acid groups is 1. The first kappa shape index (κ1) is 78.6. The number of aliphatic hydroxyl groups is 1. The van der Waals surface area contributed by atoms with Crippen LogP contribution in [0.4, 0.5) is 0 Å². The topological polar surface area (TPSA) is 108 Å². The first-order valence-electron chi connectivity index (χ1n) is 33.5. The number of allylic oxidation sites excluding steroid dienone is 21. The first-order valence-corrected chi connectivity index (χ1v) is 35.0. The van der Waals surface area contributed by atoms with Crippen LogP contribution in [-0.4, -0.2) is 68.5 Å². The molecule has 1 amide bonds. The molecule has 0 aliphatic rings. The maximum absolute atomic E-state index is 13.0. The highest BCUT2D eigenvalue weighted by molar-refractivity contribution is 7.45. The minimum atomic E-state index is -4.61. The maximum atomic E-state index is 13.0. The van der Waals surface area contributed by atoms with Crippen molar-refractivity contribution in [2.75, 3.05) is 40.9 Å². The van der Waals surface area contributed by atoms with Crippen molar-refractivity contribution in [1.82, 2.24) is 5.32 Å². The summed E-state index contributed by atoms with van der Waals surface area (Å²) in [7, 11) is 1.25. The van der Waals surface area contributed by atoms with Gasteiger partial charge in [-0.2, -0.15) is 0 Å². The van der Waals surface area contributed by atoms with Gasteiger partial charge in [-0.1, -0.05) is 302 Å². The van der Waals surface area contributed by atoms with E-state index in [1.165, 1.54) is 141 Å². The van der Waals surface area contributed by atoms with E-state index in [-0.39, 0.29) is 19.1 Å². The van der Waals surface area contributed by atoms with Gasteiger partial charge >= 0.3 is 0 Å². The Morgan fingerprint density at radius 2 is 0.744 bits per heavy atom. The monoisotopic (exact) mass is 1160 g/mol. The third kappa shape index (κ3) is 64.2. The fraction of sp³-hybridized carbons (Fsp3) is 0.685. The van der Waals surface area contributed by atoms with Crippen LogP contribution in [0, 0.1) is 0 Å². The van der Waals surface area contributed by atoms with Crippen LogP contribution in [0.5, 0.6) is 0 Å². The average molecular weight is 1160 g/mol. The number of unbranched alkanes of at least 4 members (excludes halogenated alkanes) is 27. The van der Waals surface area contributed by atoms with Crippen LogP contribution in [0.1, 0.15) is 271 Å². The number of nitrogens with one attached hydrogen (secondary N) is 1. The highest BCUT2D eigenvalue weighted by Gasteiger charge is 2.23. The van der Waals surface area contributed by atoms with Gasteiger partial charge in [0, 0.05) is 6.42 Å². The predicted molar refractivity (Wildman–Crippen MR) is 357 cm³/mol. The van der Waals surface area contributed by atoms with Crippen molar-refractivity contribution in [2.24, 2.45) is 0 Å². The molecule has 3 atom stereocenters. The van der Waals surface area contributed by atoms with Crippen LogP contribution in [-0.2, 0) is 18.4 Å². The smallest absolute Gasteiger partial charge is 0.268 e. The summed E-state index contributed by atoms with van der Waals surface area (Å²) in [5.41, 5.74) is 0. The molecular weight excluding hydrogens is 1030 g/mol. The standard InChI is InChI=1S/C73H127N2O6P/c1-6-8-10-12-14-16-18-20-22-24-26-27-28-29-30-31-32-33-34-35-36-37-38-39-40-41-42-43-44-45-46-47-49-51-53-55-57-59-61-63-65-67-73(77)74-71(70-81-82(78,79)80-69-68-75(3,4)5)72(76)66-64-62-60-58-56-54-52-50-48-25-23-21-19-17-15-13-11-9-7-2/h8,10,14,16,20,22,26-27,29-30,32-33,35-36,38-39,41-42,44-45,64,66,71-72,76H,6-7,9,11-13,15,17-19,21,23-25,28,31,34,37,40,43,46-63,65,67-70H2,1-5H3,(H-,74,77,78,79)/b10-8-,16-14-,22-20-,27-26-,30-29-,33-32-,36-35-,39-38-,42-41-,45-44-,66-64+. The second-order valence-corrected chi connectivity index (χ2v) is 24.9. The molecule has 3 unspecified atom stereocenters. The van der Waals surface area contributed by atoms with Gasteiger partial charge in [-0.25, -0.2) is 0 Å². The SMILES string of the molecule is CC/C=C\C/C=C\C/C=C\C/C=C\C/C=C\C/C=C\C/C=C\C/C=C\C/C=C\C/C=C\CCCCCCCCCCCCC(=O)NC(COP(=O)([O-])OCC[N+](C)(C)C)C(O)/C=C/CCCCCCCCCCCCCCCCCCC. The molecule has 82 heavy (non-hydrogen) atoms. The summed E-state index contributed by atoms with van der Waals surface area (Å²) < 4.78 is 23.4. The first-order chi connectivity index (χ1) is 40.0. The molecule has 0 heterocycles. The van der Waals surface area contributed by atoms with E-state index >= 15 is 0 Å². The van der Waals surface area contributed by atoms with Gasteiger partial charge in [-0.3, -0.25) is 9.36 Å².